The van der Waals surface area contributed by atoms with E-state index in [4.69, 9.17) is 11.6 Å². The Labute approximate surface area is 117 Å². The van der Waals surface area contributed by atoms with Crippen LogP contribution in [0.25, 0.3) is 0 Å². The molecule has 0 aliphatic rings. The van der Waals surface area contributed by atoms with Crippen LogP contribution < -0.4 is 5.32 Å². The van der Waals surface area contributed by atoms with Gasteiger partial charge in [0.2, 0.25) is 0 Å². The molecule has 0 aliphatic carbocycles. The molecule has 18 heavy (non-hydrogen) atoms. The molecule has 1 aromatic rings. The fraction of sp³-hybridized carbons (Fsp3) is 0.308. The summed E-state index contributed by atoms with van der Waals surface area (Å²) in [6, 6.07) is 5.37. The van der Waals surface area contributed by atoms with Crippen molar-refractivity contribution in [2.75, 3.05) is 25.2 Å². The summed E-state index contributed by atoms with van der Waals surface area (Å²) in [5.74, 6) is 0.889. The molecule has 0 saturated heterocycles. The number of rotatable bonds is 4. The first-order valence-corrected chi connectivity index (χ1v) is 6.92. The lowest BCUT2D eigenvalue weighted by Crippen LogP contribution is -2.27. The van der Waals surface area contributed by atoms with Crippen molar-refractivity contribution < 1.29 is 4.79 Å². The van der Waals surface area contributed by atoms with Crippen LogP contribution in [-0.2, 0) is 0 Å². The van der Waals surface area contributed by atoms with Crippen molar-refractivity contribution >= 4 is 35.1 Å². The molecule has 0 unspecified atom stereocenters. The standard InChI is InChI=1S/C13H17ClN2OS/c1-4-5-8-18-12-7-6-10(9-11(12)14)15-13(17)16(2)3/h4-7,9H,8H2,1-3H3,(H,15,17)/b5-4+. The Bertz CT molecular complexity index is 447. The first-order chi connectivity index (χ1) is 8.54. The van der Waals surface area contributed by atoms with Crippen molar-refractivity contribution in [2.45, 2.75) is 11.8 Å². The van der Waals surface area contributed by atoms with Gasteiger partial charge in [0.05, 0.1) is 5.02 Å². The molecular formula is C13H17ClN2OS. The van der Waals surface area contributed by atoms with Gasteiger partial charge in [0.1, 0.15) is 0 Å². The number of carbonyl (C=O) groups is 1. The van der Waals surface area contributed by atoms with Gasteiger partial charge in [-0.2, -0.15) is 0 Å². The predicted octanol–water partition coefficient (Wildman–Crippen LogP) is 4.10. The summed E-state index contributed by atoms with van der Waals surface area (Å²) < 4.78 is 0. The topological polar surface area (TPSA) is 32.3 Å². The van der Waals surface area contributed by atoms with E-state index in [1.165, 1.54) is 4.90 Å². The van der Waals surface area contributed by atoms with Crippen molar-refractivity contribution in [1.82, 2.24) is 4.90 Å². The predicted molar refractivity (Wildman–Crippen MR) is 79.7 cm³/mol. The summed E-state index contributed by atoms with van der Waals surface area (Å²) >= 11 is 7.83. The van der Waals surface area contributed by atoms with Crippen LogP contribution in [0, 0.1) is 0 Å². The molecule has 0 spiro atoms. The van der Waals surface area contributed by atoms with Crippen molar-refractivity contribution in [3.05, 3.63) is 35.4 Å². The summed E-state index contributed by atoms with van der Waals surface area (Å²) in [5.41, 5.74) is 0.703. The highest BCUT2D eigenvalue weighted by atomic mass is 35.5. The molecule has 1 N–H and O–H groups in total. The number of allylic oxidation sites excluding steroid dienone is 1. The summed E-state index contributed by atoms with van der Waals surface area (Å²) in [4.78, 5) is 14.0. The number of nitrogens with one attached hydrogen (secondary N) is 1. The molecule has 0 saturated carbocycles. The average Bonchev–Trinajstić information content (AvgIpc) is 2.32. The normalized spacial score (nSPS) is 10.7. The zero-order valence-electron chi connectivity index (χ0n) is 10.7. The lowest BCUT2D eigenvalue weighted by Gasteiger charge is -2.12. The maximum Gasteiger partial charge on any atom is 0.321 e. The molecule has 0 bridgehead atoms. The number of thioether (sulfide) groups is 1. The van der Waals surface area contributed by atoms with E-state index in [0.717, 1.165) is 10.6 Å². The molecule has 98 valence electrons. The molecule has 0 fully saturated rings. The summed E-state index contributed by atoms with van der Waals surface area (Å²) in [5, 5.41) is 3.41. The number of hydrogen-bond acceptors (Lipinski definition) is 2. The van der Waals surface area contributed by atoms with E-state index in [2.05, 4.69) is 11.4 Å². The van der Waals surface area contributed by atoms with E-state index in [9.17, 15) is 4.79 Å². The molecule has 0 radical (unpaired) electrons. The van der Waals surface area contributed by atoms with E-state index < -0.39 is 0 Å². The highest BCUT2D eigenvalue weighted by Crippen LogP contribution is 2.29. The molecule has 3 nitrogen and oxygen atoms in total. The van der Waals surface area contributed by atoms with Crippen LogP contribution in [0.2, 0.25) is 5.02 Å². The molecule has 5 heteroatoms. The van der Waals surface area contributed by atoms with Crippen molar-refractivity contribution in [1.29, 1.82) is 0 Å². The Morgan fingerprint density at radius 2 is 2.22 bits per heavy atom. The van der Waals surface area contributed by atoms with E-state index in [1.807, 2.05) is 25.1 Å². The first kappa shape index (κ1) is 14.9. The van der Waals surface area contributed by atoms with Crippen LogP contribution in [0.15, 0.2) is 35.2 Å². The van der Waals surface area contributed by atoms with Gasteiger partial charge in [0, 0.05) is 30.4 Å². The van der Waals surface area contributed by atoms with E-state index in [-0.39, 0.29) is 6.03 Å². The van der Waals surface area contributed by atoms with Crippen LogP contribution in [0.4, 0.5) is 10.5 Å². The molecule has 0 aromatic heterocycles. The maximum absolute atomic E-state index is 11.5. The van der Waals surface area contributed by atoms with Gasteiger partial charge in [-0.25, -0.2) is 4.79 Å². The van der Waals surface area contributed by atoms with Crippen LogP contribution in [0.1, 0.15) is 6.92 Å². The van der Waals surface area contributed by atoms with Gasteiger partial charge in [0.15, 0.2) is 0 Å². The SMILES string of the molecule is C/C=C/CSc1ccc(NC(=O)N(C)C)cc1Cl. The fourth-order valence-corrected chi connectivity index (χ4v) is 2.34. The summed E-state index contributed by atoms with van der Waals surface area (Å²) in [7, 11) is 3.39. The molecular weight excluding hydrogens is 268 g/mol. The Kier molecular flexibility index (Phi) is 6.09. The van der Waals surface area contributed by atoms with Gasteiger partial charge < -0.3 is 10.2 Å². The van der Waals surface area contributed by atoms with Gasteiger partial charge in [0.25, 0.3) is 0 Å². The van der Waals surface area contributed by atoms with Crippen LogP contribution in [0.5, 0.6) is 0 Å². The summed E-state index contributed by atoms with van der Waals surface area (Å²) in [6.45, 7) is 1.99. The number of carbonyl (C=O) groups excluding carboxylic acids is 1. The number of nitrogens with zero attached hydrogens (tertiary/aromatic N) is 1. The highest BCUT2D eigenvalue weighted by molar-refractivity contribution is 7.99. The Morgan fingerprint density at radius 3 is 2.78 bits per heavy atom. The Balaban J connectivity index is 2.70. The maximum atomic E-state index is 11.5. The zero-order valence-corrected chi connectivity index (χ0v) is 12.3. The quantitative estimate of drug-likeness (QED) is 0.667. The van der Waals surface area contributed by atoms with E-state index >= 15 is 0 Å². The lowest BCUT2D eigenvalue weighted by atomic mass is 10.3. The number of halogens is 1. The summed E-state index contributed by atoms with van der Waals surface area (Å²) in [6.07, 6.45) is 4.08. The van der Waals surface area contributed by atoms with Crippen molar-refractivity contribution in [3.8, 4) is 0 Å². The minimum atomic E-state index is -0.166. The molecule has 1 aromatic carbocycles. The highest BCUT2D eigenvalue weighted by Gasteiger charge is 2.06. The Hall–Kier alpha value is -1.13. The Morgan fingerprint density at radius 1 is 1.50 bits per heavy atom. The smallest absolute Gasteiger partial charge is 0.321 e. The number of benzene rings is 1. The molecule has 0 aliphatic heterocycles. The minimum absolute atomic E-state index is 0.166. The van der Waals surface area contributed by atoms with Gasteiger partial charge >= 0.3 is 6.03 Å². The van der Waals surface area contributed by atoms with Gasteiger partial charge in [-0.15, -0.1) is 11.8 Å². The third kappa shape index (κ3) is 4.63. The number of anilines is 1. The number of amides is 2. The van der Waals surface area contributed by atoms with Crippen molar-refractivity contribution in [2.24, 2.45) is 0 Å². The minimum Gasteiger partial charge on any atom is -0.331 e. The lowest BCUT2D eigenvalue weighted by molar-refractivity contribution is 0.230. The van der Waals surface area contributed by atoms with Crippen LogP contribution >= 0.6 is 23.4 Å². The van der Waals surface area contributed by atoms with E-state index in [0.29, 0.717) is 10.7 Å². The van der Waals surface area contributed by atoms with Gasteiger partial charge in [-0.05, 0) is 25.1 Å². The molecule has 0 atom stereocenters. The molecule has 0 heterocycles. The van der Waals surface area contributed by atoms with Gasteiger partial charge in [-0.1, -0.05) is 23.8 Å². The second-order valence-corrected chi connectivity index (χ2v) is 5.32. The van der Waals surface area contributed by atoms with E-state index in [1.54, 1.807) is 31.9 Å². The third-order valence-electron chi connectivity index (χ3n) is 2.16. The molecule has 2 amide bonds. The number of hydrogen-bond donors (Lipinski definition) is 1. The fourth-order valence-electron chi connectivity index (χ4n) is 1.17. The zero-order chi connectivity index (χ0) is 13.5. The second-order valence-electron chi connectivity index (χ2n) is 3.85. The number of urea groups is 1. The van der Waals surface area contributed by atoms with Gasteiger partial charge in [-0.3, -0.25) is 0 Å². The van der Waals surface area contributed by atoms with Crippen LogP contribution in [-0.4, -0.2) is 30.8 Å². The van der Waals surface area contributed by atoms with Crippen LogP contribution in [0.3, 0.4) is 0 Å². The van der Waals surface area contributed by atoms with Crippen molar-refractivity contribution in [3.63, 3.8) is 0 Å². The third-order valence-corrected chi connectivity index (χ3v) is 3.61. The molecule has 1 rings (SSSR count). The average molecular weight is 285 g/mol. The first-order valence-electron chi connectivity index (χ1n) is 5.56. The second kappa shape index (κ2) is 7.34. The monoisotopic (exact) mass is 284 g/mol. The largest absolute Gasteiger partial charge is 0.331 e.